The van der Waals surface area contributed by atoms with Crippen LogP contribution in [0.2, 0.25) is 0 Å². The van der Waals surface area contributed by atoms with Crippen LogP contribution in [0.4, 0.5) is 0 Å². The highest BCUT2D eigenvalue weighted by atomic mass is 16.5. The van der Waals surface area contributed by atoms with Gasteiger partial charge in [0.1, 0.15) is 11.5 Å². The second kappa shape index (κ2) is 10.3. The molecule has 1 saturated heterocycles. The standard InChI is InChI=1S/C22H30N2O3/c1-3-27-21-8-4-18(5-9-21)16-23-17-22(24-12-14-26-15-13-24)19-6-10-20(25-2)11-7-19/h4-11,22-23H,3,12-17H2,1-2H3. The first-order valence-electron chi connectivity index (χ1n) is 9.68. The Morgan fingerprint density at radius 1 is 1.00 bits per heavy atom. The van der Waals surface area contributed by atoms with E-state index in [2.05, 4.69) is 34.5 Å². The van der Waals surface area contributed by atoms with Crippen LogP contribution in [0.5, 0.6) is 11.5 Å². The fourth-order valence-electron chi connectivity index (χ4n) is 3.40. The Hall–Kier alpha value is -2.08. The molecule has 1 aliphatic heterocycles. The Labute approximate surface area is 162 Å². The maximum atomic E-state index is 5.53. The predicted octanol–water partition coefficient (Wildman–Crippen LogP) is 3.26. The van der Waals surface area contributed by atoms with E-state index in [0.717, 1.165) is 50.9 Å². The smallest absolute Gasteiger partial charge is 0.119 e. The summed E-state index contributed by atoms with van der Waals surface area (Å²) in [5.41, 5.74) is 2.56. The van der Waals surface area contributed by atoms with Crippen molar-refractivity contribution in [1.82, 2.24) is 10.2 Å². The molecule has 1 aliphatic rings. The fraction of sp³-hybridized carbons (Fsp3) is 0.455. The molecule has 1 heterocycles. The third-order valence-corrected chi connectivity index (χ3v) is 4.89. The summed E-state index contributed by atoms with van der Waals surface area (Å²) in [5, 5.41) is 3.62. The highest BCUT2D eigenvalue weighted by molar-refractivity contribution is 5.30. The van der Waals surface area contributed by atoms with Crippen molar-refractivity contribution in [2.75, 3.05) is 46.6 Å². The van der Waals surface area contributed by atoms with E-state index < -0.39 is 0 Å². The highest BCUT2D eigenvalue weighted by Gasteiger charge is 2.22. The first-order chi connectivity index (χ1) is 13.3. The third kappa shape index (κ3) is 5.70. The number of ether oxygens (including phenoxy) is 3. The van der Waals surface area contributed by atoms with Crippen LogP contribution >= 0.6 is 0 Å². The number of hydrogen-bond donors (Lipinski definition) is 1. The quantitative estimate of drug-likeness (QED) is 0.734. The van der Waals surface area contributed by atoms with Gasteiger partial charge in [-0.3, -0.25) is 4.90 Å². The van der Waals surface area contributed by atoms with Crippen molar-refractivity contribution in [2.45, 2.75) is 19.5 Å². The molecule has 2 aromatic carbocycles. The van der Waals surface area contributed by atoms with E-state index in [-0.39, 0.29) is 0 Å². The molecule has 0 radical (unpaired) electrons. The zero-order chi connectivity index (χ0) is 18.9. The van der Waals surface area contributed by atoms with Crippen LogP contribution in [-0.2, 0) is 11.3 Å². The summed E-state index contributed by atoms with van der Waals surface area (Å²) in [7, 11) is 1.70. The van der Waals surface area contributed by atoms with Crippen molar-refractivity contribution < 1.29 is 14.2 Å². The molecule has 0 aliphatic carbocycles. The number of benzene rings is 2. The van der Waals surface area contributed by atoms with Gasteiger partial charge in [0, 0.05) is 32.2 Å². The average Bonchev–Trinajstić information content (AvgIpc) is 2.73. The molecule has 2 aromatic rings. The molecule has 3 rings (SSSR count). The van der Waals surface area contributed by atoms with Gasteiger partial charge in [-0.2, -0.15) is 0 Å². The zero-order valence-corrected chi connectivity index (χ0v) is 16.3. The minimum absolute atomic E-state index is 0.322. The number of nitrogens with zero attached hydrogens (tertiary/aromatic N) is 1. The number of morpholine rings is 1. The van der Waals surface area contributed by atoms with Crippen LogP contribution in [0.1, 0.15) is 24.1 Å². The zero-order valence-electron chi connectivity index (χ0n) is 16.3. The minimum Gasteiger partial charge on any atom is -0.497 e. The molecule has 146 valence electrons. The van der Waals surface area contributed by atoms with Crippen molar-refractivity contribution in [1.29, 1.82) is 0 Å². The second-order valence-electron chi connectivity index (χ2n) is 6.65. The highest BCUT2D eigenvalue weighted by Crippen LogP contribution is 2.24. The van der Waals surface area contributed by atoms with Crippen LogP contribution in [0, 0.1) is 0 Å². The molecule has 1 fully saturated rings. The topological polar surface area (TPSA) is 43.0 Å². The van der Waals surface area contributed by atoms with Gasteiger partial charge in [-0.05, 0) is 42.3 Å². The average molecular weight is 370 g/mol. The summed E-state index contributed by atoms with van der Waals surface area (Å²) in [6, 6.07) is 17.0. The summed E-state index contributed by atoms with van der Waals surface area (Å²) in [4.78, 5) is 2.50. The van der Waals surface area contributed by atoms with Crippen LogP contribution in [0.3, 0.4) is 0 Å². The maximum absolute atomic E-state index is 5.53. The lowest BCUT2D eigenvalue weighted by Crippen LogP contribution is -2.42. The van der Waals surface area contributed by atoms with E-state index in [9.17, 15) is 0 Å². The summed E-state index contributed by atoms with van der Waals surface area (Å²) >= 11 is 0. The van der Waals surface area contributed by atoms with Gasteiger partial charge < -0.3 is 19.5 Å². The van der Waals surface area contributed by atoms with Crippen LogP contribution < -0.4 is 14.8 Å². The molecule has 0 amide bonds. The van der Waals surface area contributed by atoms with E-state index in [0.29, 0.717) is 12.6 Å². The number of hydrogen-bond acceptors (Lipinski definition) is 5. The van der Waals surface area contributed by atoms with Gasteiger partial charge >= 0.3 is 0 Å². The first kappa shape index (κ1) is 19.7. The van der Waals surface area contributed by atoms with Crippen molar-refractivity contribution in [2.24, 2.45) is 0 Å². The molecule has 1 unspecified atom stereocenters. The summed E-state index contributed by atoms with van der Waals surface area (Å²) in [6.45, 7) is 7.93. The molecule has 27 heavy (non-hydrogen) atoms. The van der Waals surface area contributed by atoms with E-state index in [1.54, 1.807) is 7.11 Å². The van der Waals surface area contributed by atoms with Crippen molar-refractivity contribution >= 4 is 0 Å². The molecule has 0 saturated carbocycles. The fourth-order valence-corrected chi connectivity index (χ4v) is 3.40. The maximum Gasteiger partial charge on any atom is 0.119 e. The molecule has 0 bridgehead atoms. The van der Waals surface area contributed by atoms with Crippen molar-refractivity contribution in [3.8, 4) is 11.5 Å². The van der Waals surface area contributed by atoms with Gasteiger partial charge in [0.05, 0.1) is 26.9 Å². The van der Waals surface area contributed by atoms with E-state index in [1.165, 1.54) is 11.1 Å². The first-order valence-corrected chi connectivity index (χ1v) is 9.68. The predicted molar refractivity (Wildman–Crippen MR) is 107 cm³/mol. The van der Waals surface area contributed by atoms with E-state index in [4.69, 9.17) is 14.2 Å². The monoisotopic (exact) mass is 370 g/mol. The van der Waals surface area contributed by atoms with Crippen LogP contribution in [0.25, 0.3) is 0 Å². The molecule has 5 heteroatoms. The van der Waals surface area contributed by atoms with Gasteiger partial charge in [0.25, 0.3) is 0 Å². The summed E-state index contributed by atoms with van der Waals surface area (Å²) in [6.07, 6.45) is 0. The Balaban J connectivity index is 1.61. The van der Waals surface area contributed by atoms with Gasteiger partial charge in [-0.1, -0.05) is 24.3 Å². The molecule has 1 N–H and O–H groups in total. The molecule has 5 nitrogen and oxygen atoms in total. The molecular weight excluding hydrogens is 340 g/mol. The second-order valence-corrected chi connectivity index (χ2v) is 6.65. The Bertz CT molecular complexity index is 667. The number of nitrogens with one attached hydrogen (secondary N) is 1. The van der Waals surface area contributed by atoms with Crippen molar-refractivity contribution in [3.05, 3.63) is 59.7 Å². The van der Waals surface area contributed by atoms with E-state index >= 15 is 0 Å². The Kier molecular flexibility index (Phi) is 7.51. The lowest BCUT2D eigenvalue weighted by Gasteiger charge is -2.35. The lowest BCUT2D eigenvalue weighted by molar-refractivity contribution is 0.0161. The van der Waals surface area contributed by atoms with Gasteiger partial charge in [0.2, 0.25) is 0 Å². The van der Waals surface area contributed by atoms with Gasteiger partial charge in [-0.25, -0.2) is 0 Å². The Morgan fingerprint density at radius 2 is 1.67 bits per heavy atom. The molecular formula is C22H30N2O3. The largest absolute Gasteiger partial charge is 0.497 e. The summed E-state index contributed by atoms with van der Waals surface area (Å²) in [5.74, 6) is 1.81. The Morgan fingerprint density at radius 3 is 2.30 bits per heavy atom. The summed E-state index contributed by atoms with van der Waals surface area (Å²) < 4.78 is 16.3. The number of methoxy groups -OCH3 is 1. The number of rotatable bonds is 9. The molecule has 0 aromatic heterocycles. The third-order valence-electron chi connectivity index (χ3n) is 4.89. The molecule has 0 spiro atoms. The van der Waals surface area contributed by atoms with Gasteiger partial charge in [0.15, 0.2) is 0 Å². The molecule has 1 atom stereocenters. The van der Waals surface area contributed by atoms with Crippen LogP contribution in [-0.4, -0.2) is 51.5 Å². The van der Waals surface area contributed by atoms with Gasteiger partial charge in [-0.15, -0.1) is 0 Å². The lowest BCUT2D eigenvalue weighted by atomic mass is 10.0. The minimum atomic E-state index is 0.322. The van der Waals surface area contributed by atoms with Crippen molar-refractivity contribution in [3.63, 3.8) is 0 Å². The van der Waals surface area contributed by atoms with E-state index in [1.807, 2.05) is 31.2 Å². The van der Waals surface area contributed by atoms with Crippen LogP contribution in [0.15, 0.2) is 48.5 Å². The normalized spacial score (nSPS) is 16.1. The SMILES string of the molecule is CCOc1ccc(CNCC(c2ccc(OC)cc2)N2CCOCC2)cc1.